The van der Waals surface area contributed by atoms with Crippen molar-refractivity contribution in [3.63, 3.8) is 0 Å². The van der Waals surface area contributed by atoms with Crippen molar-refractivity contribution in [2.75, 3.05) is 0 Å². The average molecular weight is 293 g/mol. The first-order chi connectivity index (χ1) is 9.92. The summed E-state index contributed by atoms with van der Waals surface area (Å²) >= 11 is 0. The van der Waals surface area contributed by atoms with Crippen LogP contribution >= 0.6 is 0 Å². The van der Waals surface area contributed by atoms with Crippen molar-refractivity contribution in [1.29, 1.82) is 0 Å². The number of carbonyl (C=O) groups is 3. The predicted molar refractivity (Wildman–Crippen MR) is 76.0 cm³/mol. The largest absolute Gasteiger partial charge is 0.481 e. The van der Waals surface area contributed by atoms with Crippen LogP contribution in [0.5, 0.6) is 0 Å². The Balaban J connectivity index is 2.48. The molecule has 1 atom stereocenters. The monoisotopic (exact) mass is 293 g/mol. The van der Waals surface area contributed by atoms with Gasteiger partial charge >= 0.3 is 11.9 Å². The molecule has 0 aliphatic rings. The zero-order valence-corrected chi connectivity index (χ0v) is 11.8. The Morgan fingerprint density at radius 2 is 1.67 bits per heavy atom. The van der Waals surface area contributed by atoms with Crippen molar-refractivity contribution in [1.82, 2.24) is 5.32 Å². The van der Waals surface area contributed by atoms with Gasteiger partial charge in [-0.15, -0.1) is 0 Å². The third-order valence-electron chi connectivity index (χ3n) is 3.08. The Bertz CT molecular complexity index is 509. The van der Waals surface area contributed by atoms with E-state index in [0.717, 1.165) is 12.0 Å². The molecule has 6 heteroatoms. The first-order valence-corrected chi connectivity index (χ1v) is 6.74. The number of benzene rings is 1. The van der Waals surface area contributed by atoms with Crippen molar-refractivity contribution in [3.8, 4) is 0 Å². The second-order valence-electron chi connectivity index (χ2n) is 4.73. The summed E-state index contributed by atoms with van der Waals surface area (Å²) in [4.78, 5) is 33.0. The molecule has 0 saturated carbocycles. The molecule has 1 aromatic carbocycles. The van der Waals surface area contributed by atoms with Gasteiger partial charge in [-0.1, -0.05) is 31.2 Å². The summed E-state index contributed by atoms with van der Waals surface area (Å²) in [5.41, 5.74) is 2.18. The SMILES string of the molecule is CCc1ccc(CCC(=O)N[C@H](CC(=O)O)C(=O)O)cc1. The van der Waals surface area contributed by atoms with E-state index in [9.17, 15) is 14.4 Å². The van der Waals surface area contributed by atoms with Gasteiger partial charge in [0.25, 0.3) is 0 Å². The molecule has 0 unspecified atom stereocenters. The zero-order valence-electron chi connectivity index (χ0n) is 11.8. The fraction of sp³-hybridized carbons (Fsp3) is 0.400. The number of rotatable bonds is 8. The minimum Gasteiger partial charge on any atom is -0.481 e. The highest BCUT2D eigenvalue weighted by molar-refractivity contribution is 5.86. The van der Waals surface area contributed by atoms with E-state index < -0.39 is 30.3 Å². The number of hydrogen-bond acceptors (Lipinski definition) is 3. The van der Waals surface area contributed by atoms with E-state index in [1.807, 2.05) is 24.3 Å². The van der Waals surface area contributed by atoms with Gasteiger partial charge in [0.1, 0.15) is 6.04 Å². The number of hydrogen-bond donors (Lipinski definition) is 3. The van der Waals surface area contributed by atoms with Crippen LogP contribution < -0.4 is 5.32 Å². The van der Waals surface area contributed by atoms with Gasteiger partial charge in [0.2, 0.25) is 5.91 Å². The molecule has 0 heterocycles. The molecule has 1 rings (SSSR count). The molecule has 114 valence electrons. The van der Waals surface area contributed by atoms with E-state index in [1.54, 1.807) is 0 Å². The summed E-state index contributed by atoms with van der Waals surface area (Å²) in [6, 6.07) is 6.43. The maximum Gasteiger partial charge on any atom is 0.326 e. The summed E-state index contributed by atoms with van der Waals surface area (Å²) in [6.07, 6.45) is 0.909. The van der Waals surface area contributed by atoms with Gasteiger partial charge < -0.3 is 15.5 Å². The Labute approximate surface area is 122 Å². The lowest BCUT2D eigenvalue weighted by Crippen LogP contribution is -2.42. The van der Waals surface area contributed by atoms with Crippen LogP contribution in [0.3, 0.4) is 0 Å². The fourth-order valence-electron chi connectivity index (χ4n) is 1.84. The molecular formula is C15H19NO5. The minimum atomic E-state index is -1.39. The number of carboxylic acids is 2. The molecule has 0 bridgehead atoms. The first kappa shape index (κ1) is 16.7. The van der Waals surface area contributed by atoms with E-state index in [2.05, 4.69) is 12.2 Å². The third-order valence-corrected chi connectivity index (χ3v) is 3.08. The molecule has 3 N–H and O–H groups in total. The van der Waals surface area contributed by atoms with Crippen LogP contribution in [-0.2, 0) is 27.2 Å². The van der Waals surface area contributed by atoms with Crippen LogP contribution in [0.15, 0.2) is 24.3 Å². The van der Waals surface area contributed by atoms with Crippen LogP contribution in [0, 0.1) is 0 Å². The van der Waals surface area contributed by atoms with Gasteiger partial charge in [-0.05, 0) is 24.0 Å². The molecule has 0 radical (unpaired) electrons. The Morgan fingerprint density at radius 3 is 2.14 bits per heavy atom. The number of carboxylic acid groups (broad SMARTS) is 2. The molecule has 0 aliphatic heterocycles. The summed E-state index contributed by atoms with van der Waals surface area (Å²) < 4.78 is 0. The molecular weight excluding hydrogens is 274 g/mol. The summed E-state index contributed by atoms with van der Waals surface area (Å²) in [7, 11) is 0. The van der Waals surface area contributed by atoms with Crippen molar-refractivity contribution in [3.05, 3.63) is 35.4 Å². The molecule has 0 spiro atoms. The summed E-state index contributed by atoms with van der Waals surface area (Å²) in [5, 5.41) is 19.6. The fourth-order valence-corrected chi connectivity index (χ4v) is 1.84. The highest BCUT2D eigenvalue weighted by atomic mass is 16.4. The lowest BCUT2D eigenvalue weighted by atomic mass is 10.1. The van der Waals surface area contributed by atoms with E-state index in [-0.39, 0.29) is 6.42 Å². The van der Waals surface area contributed by atoms with Gasteiger partial charge in [0.05, 0.1) is 6.42 Å². The Hall–Kier alpha value is -2.37. The topological polar surface area (TPSA) is 104 Å². The van der Waals surface area contributed by atoms with Crippen molar-refractivity contribution in [2.24, 2.45) is 0 Å². The zero-order chi connectivity index (χ0) is 15.8. The Morgan fingerprint density at radius 1 is 1.10 bits per heavy atom. The van der Waals surface area contributed by atoms with Crippen LogP contribution in [0.1, 0.15) is 30.9 Å². The van der Waals surface area contributed by atoms with E-state index in [4.69, 9.17) is 10.2 Å². The minimum absolute atomic E-state index is 0.120. The Kier molecular flexibility index (Phi) is 6.39. The number of aliphatic carboxylic acids is 2. The van der Waals surface area contributed by atoms with Crippen molar-refractivity contribution >= 4 is 17.8 Å². The first-order valence-electron chi connectivity index (χ1n) is 6.74. The quantitative estimate of drug-likeness (QED) is 0.668. The second kappa shape index (κ2) is 8.04. The summed E-state index contributed by atoms with van der Waals surface area (Å²) in [5.74, 6) is -3.08. The second-order valence-corrected chi connectivity index (χ2v) is 4.73. The van der Waals surface area contributed by atoms with Crippen molar-refractivity contribution < 1.29 is 24.6 Å². The number of amides is 1. The van der Waals surface area contributed by atoms with Crippen LogP contribution in [0.2, 0.25) is 0 Å². The van der Waals surface area contributed by atoms with Gasteiger partial charge in [-0.3, -0.25) is 9.59 Å². The molecule has 0 saturated heterocycles. The molecule has 0 aliphatic carbocycles. The van der Waals surface area contributed by atoms with Gasteiger partial charge in [0, 0.05) is 6.42 Å². The smallest absolute Gasteiger partial charge is 0.326 e. The van der Waals surface area contributed by atoms with E-state index >= 15 is 0 Å². The van der Waals surface area contributed by atoms with Crippen LogP contribution in [0.4, 0.5) is 0 Å². The predicted octanol–water partition coefficient (Wildman–Crippen LogP) is 1.23. The summed E-state index contributed by atoms with van der Waals surface area (Å²) in [6.45, 7) is 2.05. The van der Waals surface area contributed by atoms with E-state index in [1.165, 1.54) is 5.56 Å². The number of aryl methyl sites for hydroxylation is 2. The van der Waals surface area contributed by atoms with Gasteiger partial charge in [-0.2, -0.15) is 0 Å². The lowest BCUT2D eigenvalue weighted by molar-refractivity contribution is -0.147. The number of nitrogens with one attached hydrogen (secondary N) is 1. The molecule has 21 heavy (non-hydrogen) atoms. The molecule has 0 fully saturated rings. The highest BCUT2D eigenvalue weighted by Crippen LogP contribution is 2.07. The number of carbonyl (C=O) groups excluding carboxylic acids is 1. The maximum atomic E-state index is 11.7. The third kappa shape index (κ3) is 6.07. The maximum absolute atomic E-state index is 11.7. The molecule has 1 amide bonds. The molecule has 6 nitrogen and oxygen atoms in total. The van der Waals surface area contributed by atoms with Crippen molar-refractivity contribution in [2.45, 2.75) is 38.6 Å². The van der Waals surface area contributed by atoms with E-state index in [0.29, 0.717) is 6.42 Å². The average Bonchev–Trinajstić information content (AvgIpc) is 2.44. The van der Waals surface area contributed by atoms with Crippen LogP contribution in [0.25, 0.3) is 0 Å². The molecule has 1 aromatic rings. The lowest BCUT2D eigenvalue weighted by Gasteiger charge is -2.12. The standard InChI is InChI=1S/C15H19NO5/c1-2-10-3-5-11(6-4-10)7-8-13(17)16-12(15(20)21)9-14(18)19/h3-6,12H,2,7-9H2,1H3,(H,16,17)(H,18,19)(H,20,21)/t12-/m1/s1. The van der Waals surface area contributed by atoms with Gasteiger partial charge in [-0.25, -0.2) is 4.79 Å². The van der Waals surface area contributed by atoms with Gasteiger partial charge in [0.15, 0.2) is 0 Å². The van der Waals surface area contributed by atoms with Crippen LogP contribution in [-0.4, -0.2) is 34.1 Å². The molecule has 0 aromatic heterocycles. The highest BCUT2D eigenvalue weighted by Gasteiger charge is 2.22. The normalized spacial score (nSPS) is 11.7.